The van der Waals surface area contributed by atoms with Crippen molar-refractivity contribution in [3.05, 3.63) is 29.8 Å². The van der Waals surface area contributed by atoms with Crippen LogP contribution in [-0.2, 0) is 15.0 Å². The van der Waals surface area contributed by atoms with Gasteiger partial charge >= 0.3 is 5.97 Å². The van der Waals surface area contributed by atoms with Crippen molar-refractivity contribution in [2.45, 2.75) is 89.5 Å². The molecule has 1 saturated heterocycles. The highest BCUT2D eigenvalue weighted by molar-refractivity contribution is 5.80. The normalized spacial score (nSPS) is 24.7. The lowest BCUT2D eigenvalue weighted by Gasteiger charge is -2.45. The molecule has 0 aromatic heterocycles. The van der Waals surface area contributed by atoms with E-state index in [9.17, 15) is 14.7 Å². The Kier molecular flexibility index (Phi) is 10.8. The maximum Gasteiger partial charge on any atom is 0.303 e. The Labute approximate surface area is 204 Å². The molecular weight excluding hydrogens is 432 g/mol. The summed E-state index contributed by atoms with van der Waals surface area (Å²) in [6.07, 6.45) is 9.25. The van der Waals surface area contributed by atoms with E-state index in [2.05, 4.69) is 30.1 Å². The van der Waals surface area contributed by atoms with Gasteiger partial charge < -0.3 is 25.9 Å². The number of carboxylic acid groups (broad SMARTS) is 1. The van der Waals surface area contributed by atoms with Crippen molar-refractivity contribution in [2.75, 3.05) is 19.6 Å². The Balaban J connectivity index is 0.00000408. The molecule has 34 heavy (non-hydrogen) atoms. The number of carboxylic acids is 1. The van der Waals surface area contributed by atoms with Crippen LogP contribution in [0.15, 0.2) is 24.3 Å². The zero-order chi connectivity index (χ0) is 23.8. The predicted molar refractivity (Wildman–Crippen MR) is 134 cm³/mol. The average molecular weight is 477 g/mol. The Morgan fingerprint density at radius 2 is 1.94 bits per heavy atom. The number of carbonyl (C=O) groups is 2. The molecule has 1 heterocycles. The van der Waals surface area contributed by atoms with Gasteiger partial charge in [-0.3, -0.25) is 9.59 Å². The van der Waals surface area contributed by atoms with Gasteiger partial charge in [0.05, 0.1) is 6.42 Å². The van der Waals surface area contributed by atoms with E-state index in [0.717, 1.165) is 38.9 Å². The molecule has 5 N–H and O–H groups in total. The molecule has 3 atom stereocenters. The molecule has 2 fully saturated rings. The van der Waals surface area contributed by atoms with Gasteiger partial charge in [0, 0.05) is 25.6 Å². The second-order valence-corrected chi connectivity index (χ2v) is 10.6. The monoisotopic (exact) mass is 476 g/mol. The number of aromatic hydroxyl groups is 1. The summed E-state index contributed by atoms with van der Waals surface area (Å²) in [5, 5.41) is 22.0. The highest BCUT2D eigenvalue weighted by atomic mass is 16.4. The van der Waals surface area contributed by atoms with Gasteiger partial charge in [-0.2, -0.15) is 0 Å². The van der Waals surface area contributed by atoms with E-state index in [1.807, 2.05) is 12.1 Å². The second-order valence-electron chi connectivity index (χ2n) is 10.6. The summed E-state index contributed by atoms with van der Waals surface area (Å²) in [6.45, 7) is 7.54. The first-order valence-corrected chi connectivity index (χ1v) is 12.8. The first-order valence-electron chi connectivity index (χ1n) is 12.8. The van der Waals surface area contributed by atoms with Gasteiger partial charge in [0.15, 0.2) is 0 Å². The van der Waals surface area contributed by atoms with E-state index in [-0.39, 0.29) is 35.7 Å². The van der Waals surface area contributed by atoms with Crippen LogP contribution in [0.5, 0.6) is 5.75 Å². The molecule has 1 aromatic carbocycles. The van der Waals surface area contributed by atoms with Crippen LogP contribution in [0.25, 0.3) is 0 Å². The lowest BCUT2D eigenvalue weighted by atomic mass is 9.68. The Bertz CT molecular complexity index is 795. The number of piperidine rings is 1. The van der Waals surface area contributed by atoms with Gasteiger partial charge in [-0.05, 0) is 60.8 Å². The number of amides is 1. The molecule has 0 bridgehead atoms. The number of aliphatic carboxylic acids is 1. The minimum Gasteiger partial charge on any atom is -0.508 e. The van der Waals surface area contributed by atoms with Crippen molar-refractivity contribution >= 4 is 11.9 Å². The molecule has 1 aliphatic heterocycles. The lowest BCUT2D eigenvalue weighted by Crippen LogP contribution is -2.48. The molecule has 192 valence electrons. The van der Waals surface area contributed by atoms with E-state index in [1.54, 1.807) is 6.07 Å². The third-order valence-corrected chi connectivity index (χ3v) is 8.14. The minimum atomic E-state index is -0.925. The molecule has 1 aromatic rings. The topological polar surface area (TPSA) is 121 Å². The van der Waals surface area contributed by atoms with Crippen LogP contribution in [0.1, 0.15) is 83.6 Å². The number of hydrogen-bond acceptors (Lipinski definition) is 4. The van der Waals surface area contributed by atoms with Crippen LogP contribution in [0.4, 0.5) is 0 Å². The maximum absolute atomic E-state index is 12.4. The molecule has 3 rings (SSSR count). The second kappa shape index (κ2) is 13.1. The largest absolute Gasteiger partial charge is 0.508 e. The lowest BCUT2D eigenvalue weighted by molar-refractivity contribution is -0.139. The molecule has 2 aliphatic rings. The summed E-state index contributed by atoms with van der Waals surface area (Å²) >= 11 is 0. The fraction of sp³-hybridized carbons (Fsp3) is 0.704. The van der Waals surface area contributed by atoms with E-state index in [4.69, 9.17) is 5.11 Å². The zero-order valence-corrected chi connectivity index (χ0v) is 20.9. The number of phenolic OH excluding ortho intramolecular Hbond substituents is 1. The van der Waals surface area contributed by atoms with Crippen LogP contribution < -0.4 is 5.32 Å². The van der Waals surface area contributed by atoms with Crippen molar-refractivity contribution in [1.82, 2.24) is 10.2 Å². The highest BCUT2D eigenvalue weighted by Crippen LogP contribution is 2.40. The van der Waals surface area contributed by atoms with Crippen molar-refractivity contribution in [3.8, 4) is 5.75 Å². The molecular formula is C27H44N2O5. The summed E-state index contributed by atoms with van der Waals surface area (Å²) in [7, 11) is 0. The Morgan fingerprint density at radius 3 is 2.59 bits per heavy atom. The van der Waals surface area contributed by atoms with Crippen LogP contribution in [0, 0.1) is 11.8 Å². The van der Waals surface area contributed by atoms with Crippen LogP contribution >= 0.6 is 0 Å². The van der Waals surface area contributed by atoms with Gasteiger partial charge in [0.2, 0.25) is 5.91 Å². The fourth-order valence-electron chi connectivity index (χ4n) is 5.74. The Morgan fingerprint density at radius 1 is 1.21 bits per heavy atom. The summed E-state index contributed by atoms with van der Waals surface area (Å²) in [4.78, 5) is 25.7. The summed E-state index contributed by atoms with van der Waals surface area (Å²) in [5.41, 5.74) is 1.25. The summed E-state index contributed by atoms with van der Waals surface area (Å²) < 4.78 is 0. The molecule has 7 heteroatoms. The molecule has 0 radical (unpaired) electrons. The highest BCUT2D eigenvalue weighted by Gasteiger charge is 2.38. The number of rotatable bonds is 10. The standard InChI is InChI=1S/C27H42N2O4.H2O/c1-20-19-29(16-14-27(20,2)22-9-6-10-24(30)18-22)15-13-23(17-21-7-4-3-5-8-21)28-25(31)11-12-26(32)33;/h6,9-10,18,20-21,23,30H,3-5,7-8,11-17,19H2,1-2H3,(H,28,31)(H,32,33);1H2. The Hall–Kier alpha value is -2.12. The maximum atomic E-state index is 12.4. The summed E-state index contributed by atoms with van der Waals surface area (Å²) in [6, 6.07) is 7.79. The SMILES string of the molecule is CC1CN(CCC(CC2CCCCC2)NC(=O)CCC(=O)O)CCC1(C)c1cccc(O)c1.O. The van der Waals surface area contributed by atoms with Crippen LogP contribution in [0.2, 0.25) is 0 Å². The smallest absolute Gasteiger partial charge is 0.303 e. The minimum absolute atomic E-state index is 0. The van der Waals surface area contributed by atoms with Crippen LogP contribution in [0.3, 0.4) is 0 Å². The van der Waals surface area contributed by atoms with Crippen molar-refractivity contribution in [1.29, 1.82) is 0 Å². The number of benzene rings is 1. The molecule has 7 nitrogen and oxygen atoms in total. The predicted octanol–water partition coefficient (Wildman–Crippen LogP) is 3.88. The molecule has 1 amide bonds. The molecule has 3 unspecified atom stereocenters. The quantitative estimate of drug-likeness (QED) is 0.473. The third kappa shape index (κ3) is 7.98. The zero-order valence-electron chi connectivity index (χ0n) is 20.9. The van der Waals surface area contributed by atoms with Gasteiger partial charge in [0.25, 0.3) is 0 Å². The number of phenols is 1. The third-order valence-electron chi connectivity index (χ3n) is 8.14. The fourth-order valence-corrected chi connectivity index (χ4v) is 5.74. The van der Waals surface area contributed by atoms with Gasteiger partial charge in [-0.1, -0.05) is 58.1 Å². The van der Waals surface area contributed by atoms with Gasteiger partial charge in [0.1, 0.15) is 5.75 Å². The van der Waals surface area contributed by atoms with E-state index in [0.29, 0.717) is 17.6 Å². The van der Waals surface area contributed by atoms with E-state index in [1.165, 1.54) is 37.7 Å². The van der Waals surface area contributed by atoms with E-state index >= 15 is 0 Å². The van der Waals surface area contributed by atoms with Crippen molar-refractivity contribution < 1.29 is 25.3 Å². The number of hydrogen-bond donors (Lipinski definition) is 3. The number of likely N-dealkylation sites (tertiary alicyclic amines) is 1. The van der Waals surface area contributed by atoms with Crippen LogP contribution in [-0.4, -0.2) is 58.1 Å². The number of nitrogens with one attached hydrogen (secondary N) is 1. The number of carbonyl (C=O) groups excluding carboxylic acids is 1. The first-order chi connectivity index (χ1) is 15.8. The average Bonchev–Trinajstić information content (AvgIpc) is 2.79. The molecule has 1 saturated carbocycles. The number of nitrogens with zero attached hydrogens (tertiary/aromatic N) is 1. The molecule has 1 aliphatic carbocycles. The van der Waals surface area contributed by atoms with Crippen molar-refractivity contribution in [3.63, 3.8) is 0 Å². The molecule has 0 spiro atoms. The first kappa shape index (κ1) is 28.1. The van der Waals surface area contributed by atoms with Gasteiger partial charge in [-0.25, -0.2) is 0 Å². The summed E-state index contributed by atoms with van der Waals surface area (Å²) in [5.74, 6) is 0.383. The van der Waals surface area contributed by atoms with Gasteiger partial charge in [-0.15, -0.1) is 0 Å². The van der Waals surface area contributed by atoms with E-state index < -0.39 is 5.97 Å². The van der Waals surface area contributed by atoms with Crippen molar-refractivity contribution in [2.24, 2.45) is 11.8 Å².